The second-order valence-electron chi connectivity index (χ2n) is 4.63. The average Bonchev–Trinajstić information content (AvgIpc) is 2.43. The van der Waals surface area contributed by atoms with Crippen LogP contribution in [0.2, 0.25) is 0 Å². The molecule has 19 heavy (non-hydrogen) atoms. The predicted molar refractivity (Wildman–Crippen MR) is 74.6 cm³/mol. The third-order valence-electron chi connectivity index (χ3n) is 3.53. The van der Waals surface area contributed by atoms with Crippen molar-refractivity contribution in [3.63, 3.8) is 0 Å². The number of hydrogen-bond donors (Lipinski definition) is 0. The van der Waals surface area contributed by atoms with Gasteiger partial charge in [-0.3, -0.25) is 9.59 Å². The van der Waals surface area contributed by atoms with Crippen LogP contribution in [0, 0.1) is 6.92 Å². The average molecular weight is 248 g/mol. The van der Waals surface area contributed by atoms with E-state index in [9.17, 15) is 9.59 Å². The highest BCUT2D eigenvalue weighted by Crippen LogP contribution is 2.31. The minimum Gasteiger partial charge on any atom is -0.289 e. The quantitative estimate of drug-likeness (QED) is 0.661. The number of carbonyl (C=O) groups excluding carboxylic acids is 2. The molecule has 2 heteroatoms. The van der Waals surface area contributed by atoms with Gasteiger partial charge in [0.1, 0.15) is 0 Å². The third-order valence-corrected chi connectivity index (χ3v) is 3.53. The van der Waals surface area contributed by atoms with Crippen LogP contribution >= 0.6 is 0 Å². The standard InChI is InChI=1S/C17H12O2/c1-3-11-7-5-9-13-15(11)17(19)14-10(2)6-4-8-12(14)16(13)18/h3-9H,1H2,2H3. The highest BCUT2D eigenvalue weighted by molar-refractivity contribution is 6.29. The lowest BCUT2D eigenvalue weighted by Crippen LogP contribution is -2.22. The molecule has 0 amide bonds. The van der Waals surface area contributed by atoms with Gasteiger partial charge in [-0.15, -0.1) is 0 Å². The molecule has 0 unspecified atom stereocenters. The molecule has 2 aromatic carbocycles. The van der Waals surface area contributed by atoms with E-state index in [1.54, 1.807) is 30.3 Å². The van der Waals surface area contributed by atoms with Crippen molar-refractivity contribution < 1.29 is 9.59 Å². The zero-order valence-corrected chi connectivity index (χ0v) is 10.6. The summed E-state index contributed by atoms with van der Waals surface area (Å²) in [5.74, 6) is -0.171. The van der Waals surface area contributed by atoms with E-state index < -0.39 is 0 Å². The van der Waals surface area contributed by atoms with Crippen molar-refractivity contribution in [2.45, 2.75) is 6.92 Å². The summed E-state index contributed by atoms with van der Waals surface area (Å²) in [6, 6.07) is 10.7. The van der Waals surface area contributed by atoms with Crippen molar-refractivity contribution in [2.24, 2.45) is 0 Å². The minimum atomic E-state index is -0.0861. The molecule has 0 saturated heterocycles. The number of benzene rings is 2. The molecule has 0 atom stereocenters. The Labute approximate surface area is 111 Å². The Hall–Kier alpha value is -2.48. The molecule has 2 nitrogen and oxygen atoms in total. The van der Waals surface area contributed by atoms with Gasteiger partial charge in [-0.25, -0.2) is 0 Å². The Kier molecular flexibility index (Phi) is 2.46. The van der Waals surface area contributed by atoms with Gasteiger partial charge in [-0.1, -0.05) is 49.1 Å². The Bertz CT molecular complexity index is 739. The predicted octanol–water partition coefficient (Wildman–Crippen LogP) is 3.41. The molecule has 0 spiro atoms. The Morgan fingerprint density at radius 1 is 0.895 bits per heavy atom. The van der Waals surface area contributed by atoms with E-state index in [2.05, 4.69) is 6.58 Å². The van der Waals surface area contributed by atoms with Crippen molar-refractivity contribution in [3.8, 4) is 0 Å². The second-order valence-corrected chi connectivity index (χ2v) is 4.63. The number of fused-ring (bicyclic) bond motifs is 2. The number of ketones is 2. The van der Waals surface area contributed by atoms with Gasteiger partial charge in [-0.2, -0.15) is 0 Å². The molecule has 0 saturated carbocycles. The van der Waals surface area contributed by atoms with E-state index in [1.807, 2.05) is 19.1 Å². The van der Waals surface area contributed by atoms with Gasteiger partial charge < -0.3 is 0 Å². The SMILES string of the molecule is C=Cc1cccc2c1C(=O)c1c(C)cccc1C2=O. The fourth-order valence-corrected chi connectivity index (χ4v) is 2.61. The molecule has 0 fully saturated rings. The van der Waals surface area contributed by atoms with Crippen LogP contribution in [0.25, 0.3) is 6.08 Å². The van der Waals surface area contributed by atoms with E-state index in [4.69, 9.17) is 0 Å². The van der Waals surface area contributed by atoms with Crippen molar-refractivity contribution in [3.05, 3.63) is 76.4 Å². The zero-order valence-electron chi connectivity index (χ0n) is 10.6. The molecule has 1 aliphatic rings. The molecule has 0 heterocycles. The van der Waals surface area contributed by atoms with Gasteiger partial charge >= 0.3 is 0 Å². The van der Waals surface area contributed by atoms with Gasteiger partial charge in [0.25, 0.3) is 0 Å². The monoisotopic (exact) mass is 248 g/mol. The van der Waals surface area contributed by atoms with Crippen LogP contribution in [-0.2, 0) is 0 Å². The molecule has 2 aromatic rings. The van der Waals surface area contributed by atoms with Gasteiger partial charge in [0, 0.05) is 22.3 Å². The van der Waals surface area contributed by atoms with Crippen molar-refractivity contribution in [2.75, 3.05) is 0 Å². The van der Waals surface area contributed by atoms with E-state index in [0.717, 1.165) is 5.56 Å². The summed E-state index contributed by atoms with van der Waals surface area (Å²) in [6.45, 7) is 5.57. The second kappa shape index (κ2) is 4.02. The van der Waals surface area contributed by atoms with Crippen LogP contribution in [0.15, 0.2) is 43.0 Å². The van der Waals surface area contributed by atoms with Crippen LogP contribution in [0.4, 0.5) is 0 Å². The molecule has 0 N–H and O–H groups in total. The van der Waals surface area contributed by atoms with E-state index in [0.29, 0.717) is 27.8 Å². The largest absolute Gasteiger partial charge is 0.289 e. The summed E-state index contributed by atoms with van der Waals surface area (Å²) in [7, 11) is 0. The Morgan fingerprint density at radius 3 is 2.21 bits per heavy atom. The molecular weight excluding hydrogens is 236 g/mol. The van der Waals surface area contributed by atoms with Crippen LogP contribution in [0.1, 0.15) is 43.0 Å². The molecule has 0 aromatic heterocycles. The van der Waals surface area contributed by atoms with Crippen molar-refractivity contribution in [1.82, 2.24) is 0 Å². The highest BCUT2D eigenvalue weighted by atomic mass is 16.1. The zero-order chi connectivity index (χ0) is 13.6. The number of aryl methyl sites for hydroxylation is 1. The third kappa shape index (κ3) is 1.50. The summed E-state index contributed by atoms with van der Waals surface area (Å²) >= 11 is 0. The van der Waals surface area contributed by atoms with Crippen molar-refractivity contribution >= 4 is 17.6 Å². The van der Waals surface area contributed by atoms with Crippen LogP contribution < -0.4 is 0 Å². The normalized spacial score (nSPS) is 12.9. The van der Waals surface area contributed by atoms with Crippen LogP contribution in [-0.4, -0.2) is 11.6 Å². The molecule has 1 aliphatic carbocycles. The summed E-state index contributed by atoms with van der Waals surface area (Å²) in [6.07, 6.45) is 1.62. The first kappa shape index (κ1) is 11.6. The first-order valence-electron chi connectivity index (χ1n) is 6.09. The topological polar surface area (TPSA) is 34.1 Å². The Balaban J connectivity index is 2.40. The van der Waals surface area contributed by atoms with Crippen molar-refractivity contribution in [1.29, 1.82) is 0 Å². The molecule has 92 valence electrons. The number of hydrogen-bond acceptors (Lipinski definition) is 2. The van der Waals surface area contributed by atoms with Crippen LogP contribution in [0.3, 0.4) is 0 Å². The fraction of sp³-hybridized carbons (Fsp3) is 0.0588. The summed E-state index contributed by atoms with van der Waals surface area (Å²) in [4.78, 5) is 25.1. The van der Waals surface area contributed by atoms with E-state index in [-0.39, 0.29) is 11.6 Å². The maximum Gasteiger partial charge on any atom is 0.195 e. The van der Waals surface area contributed by atoms with E-state index in [1.165, 1.54) is 0 Å². The van der Waals surface area contributed by atoms with Crippen LogP contribution in [0.5, 0.6) is 0 Å². The Morgan fingerprint density at radius 2 is 1.53 bits per heavy atom. The lowest BCUT2D eigenvalue weighted by atomic mass is 9.80. The maximum atomic E-state index is 12.7. The molecular formula is C17H12O2. The number of carbonyl (C=O) groups is 2. The summed E-state index contributed by atoms with van der Waals surface area (Å²) < 4.78 is 0. The lowest BCUT2D eigenvalue weighted by Gasteiger charge is -2.20. The first-order valence-corrected chi connectivity index (χ1v) is 6.09. The molecule has 0 bridgehead atoms. The number of rotatable bonds is 1. The minimum absolute atomic E-state index is 0.0850. The van der Waals surface area contributed by atoms with Gasteiger partial charge in [0.05, 0.1) is 0 Å². The summed E-state index contributed by atoms with van der Waals surface area (Å²) in [5, 5.41) is 0. The lowest BCUT2D eigenvalue weighted by molar-refractivity contribution is 0.0978. The van der Waals surface area contributed by atoms with Gasteiger partial charge in [0.15, 0.2) is 11.6 Å². The first-order chi connectivity index (χ1) is 9.15. The summed E-state index contributed by atoms with van der Waals surface area (Å²) in [5.41, 5.74) is 3.52. The van der Waals surface area contributed by atoms with Gasteiger partial charge in [-0.05, 0) is 18.1 Å². The molecule has 0 radical (unpaired) electrons. The van der Waals surface area contributed by atoms with Gasteiger partial charge in [0.2, 0.25) is 0 Å². The fourth-order valence-electron chi connectivity index (χ4n) is 2.61. The highest BCUT2D eigenvalue weighted by Gasteiger charge is 2.31. The maximum absolute atomic E-state index is 12.7. The smallest absolute Gasteiger partial charge is 0.195 e. The molecule has 3 rings (SSSR count). The van der Waals surface area contributed by atoms with E-state index >= 15 is 0 Å². The molecule has 0 aliphatic heterocycles.